The molecular weight excluding hydrogens is 380 g/mol. The second kappa shape index (κ2) is 7.59. The van der Waals surface area contributed by atoms with Gasteiger partial charge in [-0.25, -0.2) is 0 Å². The van der Waals surface area contributed by atoms with Crippen LogP contribution in [0.2, 0.25) is 0 Å². The predicted octanol–water partition coefficient (Wildman–Crippen LogP) is 4.86. The number of rotatable bonds is 5. The van der Waals surface area contributed by atoms with Gasteiger partial charge in [-0.1, -0.05) is 24.8 Å². The zero-order valence-corrected chi connectivity index (χ0v) is 17.4. The monoisotopic (exact) mass is 404 g/mol. The number of thioether (sulfide) groups is 1. The topological polar surface area (TPSA) is 42.6 Å². The molecule has 3 atom stereocenters. The molecule has 5 nitrogen and oxygen atoms in total. The molecule has 2 aliphatic heterocycles. The van der Waals surface area contributed by atoms with E-state index < -0.39 is 0 Å². The van der Waals surface area contributed by atoms with E-state index in [1.807, 2.05) is 49.1 Å². The highest BCUT2D eigenvalue weighted by atomic mass is 32.2. The first-order chi connectivity index (χ1) is 14.2. The van der Waals surface area contributed by atoms with Crippen molar-refractivity contribution in [3.05, 3.63) is 78.4 Å². The lowest BCUT2D eigenvalue weighted by molar-refractivity contribution is 0.312. The van der Waals surface area contributed by atoms with Crippen LogP contribution >= 0.6 is 11.8 Å². The van der Waals surface area contributed by atoms with Gasteiger partial charge < -0.3 is 14.2 Å². The van der Waals surface area contributed by atoms with E-state index in [9.17, 15) is 0 Å². The zero-order chi connectivity index (χ0) is 19.8. The number of hydrogen-bond acceptors (Lipinski definition) is 5. The molecule has 0 radical (unpaired) electrons. The third kappa shape index (κ3) is 3.31. The Labute approximate surface area is 175 Å². The summed E-state index contributed by atoms with van der Waals surface area (Å²) in [6.07, 6.45) is 3.99. The second-order valence-electron chi connectivity index (χ2n) is 7.37. The highest BCUT2D eigenvalue weighted by Crippen LogP contribution is 2.47. The summed E-state index contributed by atoms with van der Waals surface area (Å²) >= 11 is 1.87. The third-order valence-electron chi connectivity index (χ3n) is 5.39. The Morgan fingerprint density at radius 2 is 1.97 bits per heavy atom. The molecule has 1 aromatic carbocycles. The molecular formula is C23H24N4OS. The van der Waals surface area contributed by atoms with E-state index >= 15 is 0 Å². The van der Waals surface area contributed by atoms with Crippen LogP contribution in [-0.2, 0) is 0 Å². The first-order valence-electron chi connectivity index (χ1n) is 10.1. The molecule has 5 rings (SSSR count). The molecule has 0 saturated carbocycles. The van der Waals surface area contributed by atoms with Gasteiger partial charge in [0.1, 0.15) is 11.8 Å². The van der Waals surface area contributed by atoms with Crippen LogP contribution in [-0.4, -0.2) is 38.0 Å². The van der Waals surface area contributed by atoms with E-state index in [2.05, 4.69) is 57.9 Å². The number of fused-ring (bicyclic) bond motifs is 1. The summed E-state index contributed by atoms with van der Waals surface area (Å²) in [5, 5.41) is 1.69. The molecule has 6 heteroatoms. The maximum atomic E-state index is 5.60. The number of aromatic nitrogens is 2. The fourth-order valence-electron chi connectivity index (χ4n) is 4.18. The highest BCUT2D eigenvalue weighted by Gasteiger charge is 2.44. The van der Waals surface area contributed by atoms with Crippen LogP contribution in [0.4, 0.5) is 0 Å². The van der Waals surface area contributed by atoms with E-state index in [0.29, 0.717) is 11.9 Å². The standard InChI is InChI=1S/C23H24N4OS/c1-3-28-18-11-9-17(10-12-18)26-14-6-8-20(26)22-21(19-7-4-5-13-24-19)25-23-27(22)15-16(2)29-23/h4-14,16,21-22H,3,15H2,1-2H3. The minimum absolute atomic E-state index is 0.00236. The summed E-state index contributed by atoms with van der Waals surface area (Å²) < 4.78 is 7.87. The number of aliphatic imine (C=N–C) groups is 1. The number of benzene rings is 1. The van der Waals surface area contributed by atoms with Crippen LogP contribution < -0.4 is 4.74 Å². The maximum Gasteiger partial charge on any atom is 0.160 e. The van der Waals surface area contributed by atoms with Crippen molar-refractivity contribution in [2.75, 3.05) is 13.2 Å². The second-order valence-corrected chi connectivity index (χ2v) is 8.77. The molecule has 29 heavy (non-hydrogen) atoms. The lowest BCUT2D eigenvalue weighted by Gasteiger charge is -2.28. The molecule has 1 fully saturated rings. The van der Waals surface area contributed by atoms with Crippen molar-refractivity contribution in [1.29, 1.82) is 0 Å². The summed E-state index contributed by atoms with van der Waals surface area (Å²) in [4.78, 5) is 12.2. The van der Waals surface area contributed by atoms with Crippen LogP contribution in [0.1, 0.15) is 37.3 Å². The van der Waals surface area contributed by atoms with E-state index in [4.69, 9.17) is 9.73 Å². The van der Waals surface area contributed by atoms with Gasteiger partial charge in [-0.3, -0.25) is 9.98 Å². The summed E-state index contributed by atoms with van der Waals surface area (Å²) in [5.74, 6) is 0.896. The molecule has 0 amide bonds. The van der Waals surface area contributed by atoms with E-state index in [0.717, 1.165) is 28.8 Å². The number of pyridine rings is 1. The largest absolute Gasteiger partial charge is 0.494 e. The fraction of sp³-hybridized carbons (Fsp3) is 0.304. The summed E-state index contributed by atoms with van der Waals surface area (Å²) in [5.41, 5.74) is 3.38. The molecule has 2 aliphatic rings. The van der Waals surface area contributed by atoms with Gasteiger partial charge in [0.25, 0.3) is 0 Å². The van der Waals surface area contributed by atoms with E-state index in [1.165, 1.54) is 5.69 Å². The number of ether oxygens (including phenoxy) is 1. The lowest BCUT2D eigenvalue weighted by Crippen LogP contribution is -2.30. The molecule has 0 bridgehead atoms. The molecule has 2 aromatic heterocycles. The molecule has 1 saturated heterocycles. The Balaban J connectivity index is 1.55. The molecule has 0 aliphatic carbocycles. The van der Waals surface area contributed by atoms with Crippen LogP contribution in [0.15, 0.2) is 72.0 Å². The van der Waals surface area contributed by atoms with Gasteiger partial charge in [0.05, 0.1) is 18.3 Å². The van der Waals surface area contributed by atoms with Crippen LogP contribution in [0, 0.1) is 0 Å². The quantitative estimate of drug-likeness (QED) is 0.609. The van der Waals surface area contributed by atoms with Crippen molar-refractivity contribution in [2.45, 2.75) is 31.2 Å². The molecule has 0 spiro atoms. The normalized spacial score (nSPS) is 23.2. The predicted molar refractivity (Wildman–Crippen MR) is 118 cm³/mol. The average molecular weight is 405 g/mol. The van der Waals surface area contributed by atoms with E-state index in [1.54, 1.807) is 0 Å². The summed E-state index contributed by atoms with van der Waals surface area (Å²) in [6, 6.07) is 18.8. The summed E-state index contributed by atoms with van der Waals surface area (Å²) in [6.45, 7) is 5.95. The SMILES string of the molecule is CCOc1ccc(-n2cccc2C2C(c3ccccn3)N=C3SC(C)CN32)cc1. The molecule has 148 valence electrons. The number of hydrogen-bond donors (Lipinski definition) is 0. The maximum absolute atomic E-state index is 5.60. The summed E-state index contributed by atoms with van der Waals surface area (Å²) in [7, 11) is 0. The minimum Gasteiger partial charge on any atom is -0.494 e. The van der Waals surface area contributed by atoms with Gasteiger partial charge in [-0.05, 0) is 55.5 Å². The fourth-order valence-corrected chi connectivity index (χ4v) is 5.27. The smallest absolute Gasteiger partial charge is 0.160 e. The first-order valence-corrected chi connectivity index (χ1v) is 10.9. The molecule has 3 aromatic rings. The Kier molecular flexibility index (Phi) is 4.79. The Bertz CT molecular complexity index is 1010. The van der Waals surface area contributed by atoms with Gasteiger partial charge in [-0.15, -0.1) is 0 Å². The Morgan fingerprint density at radius 3 is 2.72 bits per heavy atom. The van der Waals surface area contributed by atoms with Gasteiger partial charge in [0.2, 0.25) is 0 Å². The third-order valence-corrected chi connectivity index (χ3v) is 6.49. The minimum atomic E-state index is 0.00236. The Morgan fingerprint density at radius 1 is 1.10 bits per heavy atom. The number of nitrogens with zero attached hydrogens (tertiary/aromatic N) is 4. The van der Waals surface area contributed by atoms with Gasteiger partial charge in [-0.2, -0.15) is 0 Å². The Hall–Kier alpha value is -2.73. The van der Waals surface area contributed by atoms with Crippen molar-refractivity contribution in [2.24, 2.45) is 4.99 Å². The number of amidine groups is 1. The van der Waals surface area contributed by atoms with Gasteiger partial charge >= 0.3 is 0 Å². The van der Waals surface area contributed by atoms with Gasteiger partial charge in [0.15, 0.2) is 5.17 Å². The first kappa shape index (κ1) is 18.3. The average Bonchev–Trinajstić information content (AvgIpc) is 3.43. The van der Waals surface area contributed by atoms with E-state index in [-0.39, 0.29) is 12.1 Å². The molecule has 0 N–H and O–H groups in total. The lowest BCUT2D eigenvalue weighted by atomic mass is 10.0. The van der Waals surface area contributed by atoms with Crippen LogP contribution in [0.25, 0.3) is 5.69 Å². The highest BCUT2D eigenvalue weighted by molar-refractivity contribution is 8.14. The molecule has 4 heterocycles. The van der Waals surface area contributed by atoms with Crippen molar-refractivity contribution in [3.8, 4) is 11.4 Å². The van der Waals surface area contributed by atoms with Crippen LogP contribution in [0.5, 0.6) is 5.75 Å². The van der Waals surface area contributed by atoms with Crippen LogP contribution in [0.3, 0.4) is 0 Å². The van der Waals surface area contributed by atoms with Crippen molar-refractivity contribution in [3.63, 3.8) is 0 Å². The van der Waals surface area contributed by atoms with Gasteiger partial charge in [0, 0.05) is 35.6 Å². The van der Waals surface area contributed by atoms with Crippen molar-refractivity contribution in [1.82, 2.24) is 14.5 Å². The zero-order valence-electron chi connectivity index (χ0n) is 16.6. The molecule has 3 unspecified atom stereocenters. The van der Waals surface area contributed by atoms with Crippen molar-refractivity contribution >= 4 is 16.9 Å². The van der Waals surface area contributed by atoms with Crippen molar-refractivity contribution < 1.29 is 4.74 Å².